The number of rotatable bonds is 3. The van der Waals surface area contributed by atoms with Crippen LogP contribution in [0.1, 0.15) is 17.0 Å². The van der Waals surface area contributed by atoms with Crippen molar-refractivity contribution in [1.29, 1.82) is 0 Å². The fourth-order valence-electron chi connectivity index (χ4n) is 1.79. The molecule has 2 rings (SSSR count). The van der Waals surface area contributed by atoms with Gasteiger partial charge in [0.2, 0.25) is 0 Å². The van der Waals surface area contributed by atoms with Gasteiger partial charge in [-0.15, -0.1) is 0 Å². The van der Waals surface area contributed by atoms with Crippen molar-refractivity contribution < 1.29 is 0 Å². The van der Waals surface area contributed by atoms with Gasteiger partial charge in [0.15, 0.2) is 0 Å². The Labute approximate surface area is 102 Å². The van der Waals surface area contributed by atoms with Gasteiger partial charge in [0.1, 0.15) is 5.82 Å². The van der Waals surface area contributed by atoms with Gasteiger partial charge >= 0.3 is 0 Å². The van der Waals surface area contributed by atoms with Crippen LogP contribution in [0.15, 0.2) is 30.5 Å². The summed E-state index contributed by atoms with van der Waals surface area (Å²) < 4.78 is 0. The van der Waals surface area contributed by atoms with Crippen molar-refractivity contribution in [2.75, 3.05) is 6.54 Å². The SMILES string of the molecule is Cc1ccc(-c2nc(C)ncc2CCN)cc1. The molecule has 0 radical (unpaired) electrons. The first kappa shape index (κ1) is 11.7. The molecule has 0 amide bonds. The first-order chi connectivity index (χ1) is 8.20. The largest absolute Gasteiger partial charge is 0.330 e. The summed E-state index contributed by atoms with van der Waals surface area (Å²) in [7, 11) is 0. The highest BCUT2D eigenvalue weighted by molar-refractivity contribution is 5.63. The van der Waals surface area contributed by atoms with Gasteiger partial charge in [-0.05, 0) is 32.4 Å². The Balaban J connectivity index is 2.48. The molecule has 1 heterocycles. The number of nitrogens with two attached hydrogens (primary N) is 1. The second kappa shape index (κ2) is 5.06. The molecule has 88 valence electrons. The summed E-state index contributed by atoms with van der Waals surface area (Å²) in [5.74, 6) is 0.793. The monoisotopic (exact) mass is 227 g/mol. The Morgan fingerprint density at radius 2 is 1.82 bits per heavy atom. The minimum atomic E-state index is 0.616. The average molecular weight is 227 g/mol. The summed E-state index contributed by atoms with van der Waals surface area (Å²) in [5, 5.41) is 0. The minimum Gasteiger partial charge on any atom is -0.330 e. The summed E-state index contributed by atoms with van der Waals surface area (Å²) in [6, 6.07) is 8.38. The Hall–Kier alpha value is -1.74. The van der Waals surface area contributed by atoms with Gasteiger partial charge in [-0.3, -0.25) is 0 Å². The Morgan fingerprint density at radius 1 is 1.12 bits per heavy atom. The fraction of sp³-hybridized carbons (Fsp3) is 0.286. The van der Waals surface area contributed by atoms with Crippen LogP contribution in [0.3, 0.4) is 0 Å². The lowest BCUT2D eigenvalue weighted by Gasteiger charge is -2.08. The maximum absolute atomic E-state index is 5.61. The third-order valence-electron chi connectivity index (χ3n) is 2.72. The van der Waals surface area contributed by atoms with E-state index in [0.29, 0.717) is 6.54 Å². The van der Waals surface area contributed by atoms with E-state index in [9.17, 15) is 0 Å². The normalized spacial score (nSPS) is 10.5. The van der Waals surface area contributed by atoms with Gasteiger partial charge in [-0.1, -0.05) is 29.8 Å². The molecule has 0 saturated heterocycles. The zero-order valence-electron chi connectivity index (χ0n) is 10.3. The first-order valence-electron chi connectivity index (χ1n) is 5.80. The highest BCUT2D eigenvalue weighted by Gasteiger charge is 2.07. The molecule has 0 aliphatic rings. The zero-order chi connectivity index (χ0) is 12.3. The summed E-state index contributed by atoms with van der Waals surface area (Å²) in [4.78, 5) is 8.76. The summed E-state index contributed by atoms with van der Waals surface area (Å²) in [6.07, 6.45) is 2.69. The number of nitrogens with zero attached hydrogens (tertiary/aromatic N) is 2. The van der Waals surface area contributed by atoms with Crippen LogP contribution in [0.4, 0.5) is 0 Å². The molecule has 2 N–H and O–H groups in total. The lowest BCUT2D eigenvalue weighted by atomic mass is 10.0. The summed E-state index contributed by atoms with van der Waals surface area (Å²) in [6.45, 7) is 4.60. The molecule has 0 aliphatic carbocycles. The molecule has 1 aromatic heterocycles. The van der Waals surface area contributed by atoms with E-state index in [1.165, 1.54) is 5.56 Å². The van der Waals surface area contributed by atoms with E-state index in [4.69, 9.17) is 5.73 Å². The smallest absolute Gasteiger partial charge is 0.125 e. The standard InChI is InChI=1S/C14H17N3/c1-10-3-5-12(6-4-10)14-13(7-8-15)9-16-11(2)17-14/h3-6,9H,7-8,15H2,1-2H3. The van der Waals surface area contributed by atoms with Gasteiger partial charge in [0, 0.05) is 11.8 Å². The van der Waals surface area contributed by atoms with Crippen molar-refractivity contribution in [3.8, 4) is 11.3 Å². The van der Waals surface area contributed by atoms with Crippen LogP contribution >= 0.6 is 0 Å². The Kier molecular flexibility index (Phi) is 3.49. The third-order valence-corrected chi connectivity index (χ3v) is 2.72. The molecule has 0 spiro atoms. The lowest BCUT2D eigenvalue weighted by Crippen LogP contribution is -2.06. The van der Waals surface area contributed by atoms with Gasteiger partial charge in [-0.25, -0.2) is 9.97 Å². The highest BCUT2D eigenvalue weighted by atomic mass is 14.9. The zero-order valence-corrected chi connectivity index (χ0v) is 10.3. The quantitative estimate of drug-likeness (QED) is 0.875. The first-order valence-corrected chi connectivity index (χ1v) is 5.80. The topological polar surface area (TPSA) is 51.8 Å². The number of aryl methyl sites for hydroxylation is 2. The second-order valence-corrected chi connectivity index (χ2v) is 4.20. The predicted molar refractivity (Wildman–Crippen MR) is 69.7 cm³/mol. The van der Waals surface area contributed by atoms with Gasteiger partial charge in [0.25, 0.3) is 0 Å². The van der Waals surface area contributed by atoms with Crippen LogP contribution < -0.4 is 5.73 Å². The van der Waals surface area contributed by atoms with E-state index < -0.39 is 0 Å². The van der Waals surface area contributed by atoms with E-state index in [1.807, 2.05) is 13.1 Å². The molecule has 2 aromatic rings. The van der Waals surface area contributed by atoms with Crippen LogP contribution in [0, 0.1) is 13.8 Å². The molecule has 0 aliphatic heterocycles. The number of benzene rings is 1. The molecule has 0 fully saturated rings. The van der Waals surface area contributed by atoms with Crippen LogP contribution in [0.5, 0.6) is 0 Å². The molecule has 0 unspecified atom stereocenters. The molecule has 0 bridgehead atoms. The average Bonchev–Trinajstić information content (AvgIpc) is 2.33. The number of hydrogen-bond donors (Lipinski definition) is 1. The summed E-state index contributed by atoms with van der Waals surface area (Å²) in [5.41, 5.74) is 10.1. The summed E-state index contributed by atoms with van der Waals surface area (Å²) >= 11 is 0. The van der Waals surface area contributed by atoms with Crippen molar-refractivity contribution in [2.24, 2.45) is 5.73 Å². The Morgan fingerprint density at radius 3 is 2.47 bits per heavy atom. The van der Waals surface area contributed by atoms with E-state index in [1.54, 1.807) is 0 Å². The molecule has 0 saturated carbocycles. The van der Waals surface area contributed by atoms with Crippen LogP contribution in [0.2, 0.25) is 0 Å². The number of hydrogen-bond acceptors (Lipinski definition) is 3. The van der Waals surface area contributed by atoms with Gasteiger partial charge < -0.3 is 5.73 Å². The molecule has 17 heavy (non-hydrogen) atoms. The molecular formula is C14H17N3. The van der Waals surface area contributed by atoms with E-state index in [0.717, 1.165) is 29.1 Å². The molecule has 3 nitrogen and oxygen atoms in total. The van der Waals surface area contributed by atoms with E-state index >= 15 is 0 Å². The van der Waals surface area contributed by atoms with Crippen molar-refractivity contribution >= 4 is 0 Å². The van der Waals surface area contributed by atoms with Crippen LogP contribution in [-0.2, 0) is 6.42 Å². The Bertz CT molecular complexity index is 503. The maximum Gasteiger partial charge on any atom is 0.125 e. The lowest BCUT2D eigenvalue weighted by molar-refractivity contribution is 0.929. The molecule has 0 atom stereocenters. The van der Waals surface area contributed by atoms with Crippen molar-refractivity contribution in [2.45, 2.75) is 20.3 Å². The van der Waals surface area contributed by atoms with E-state index in [2.05, 4.69) is 41.2 Å². The maximum atomic E-state index is 5.61. The molecule has 3 heteroatoms. The number of aromatic nitrogens is 2. The van der Waals surface area contributed by atoms with E-state index in [-0.39, 0.29) is 0 Å². The highest BCUT2D eigenvalue weighted by Crippen LogP contribution is 2.21. The molecule has 1 aromatic carbocycles. The van der Waals surface area contributed by atoms with Crippen LogP contribution in [-0.4, -0.2) is 16.5 Å². The van der Waals surface area contributed by atoms with Gasteiger partial charge in [-0.2, -0.15) is 0 Å². The second-order valence-electron chi connectivity index (χ2n) is 4.20. The van der Waals surface area contributed by atoms with Crippen molar-refractivity contribution in [3.05, 3.63) is 47.4 Å². The third kappa shape index (κ3) is 2.68. The van der Waals surface area contributed by atoms with Crippen molar-refractivity contribution in [1.82, 2.24) is 9.97 Å². The minimum absolute atomic E-state index is 0.616. The molecular weight excluding hydrogens is 210 g/mol. The van der Waals surface area contributed by atoms with Gasteiger partial charge in [0.05, 0.1) is 5.69 Å². The predicted octanol–water partition coefficient (Wildman–Crippen LogP) is 2.26. The van der Waals surface area contributed by atoms with Crippen LogP contribution in [0.25, 0.3) is 11.3 Å². The fourth-order valence-corrected chi connectivity index (χ4v) is 1.79. The van der Waals surface area contributed by atoms with Crippen molar-refractivity contribution in [3.63, 3.8) is 0 Å².